The summed E-state index contributed by atoms with van der Waals surface area (Å²) >= 11 is 0. The molecule has 0 bridgehead atoms. The van der Waals surface area contributed by atoms with E-state index in [1.807, 2.05) is 30.3 Å². The molecule has 2 aromatic rings. The number of benzene rings is 2. The summed E-state index contributed by atoms with van der Waals surface area (Å²) in [6, 6.07) is 13.0. The van der Waals surface area contributed by atoms with Crippen molar-refractivity contribution < 1.29 is 22.7 Å². The fourth-order valence-electron chi connectivity index (χ4n) is 3.78. The van der Waals surface area contributed by atoms with Crippen LogP contribution in [0.1, 0.15) is 47.7 Å². The van der Waals surface area contributed by atoms with Gasteiger partial charge in [0.1, 0.15) is 6.04 Å². The summed E-state index contributed by atoms with van der Waals surface area (Å²) in [5, 5.41) is 2.74. The lowest BCUT2D eigenvalue weighted by molar-refractivity contribution is -0.145. The van der Waals surface area contributed by atoms with Gasteiger partial charge >= 0.3 is 5.97 Å². The van der Waals surface area contributed by atoms with Crippen LogP contribution in [0.5, 0.6) is 0 Å². The molecule has 1 amide bonds. The quantitative estimate of drug-likeness (QED) is 0.614. The Morgan fingerprint density at radius 3 is 2.41 bits per heavy atom. The molecule has 7 nitrogen and oxygen atoms in total. The molecule has 1 N–H and O–H groups in total. The van der Waals surface area contributed by atoms with Gasteiger partial charge in [0.2, 0.25) is 10.0 Å². The molecule has 32 heavy (non-hydrogen) atoms. The van der Waals surface area contributed by atoms with Crippen LogP contribution >= 0.6 is 0 Å². The SMILES string of the molecule is CCOC(=O)C(Cc1ccccc1)NC(=O)c1cc(S(=O)(=O)N2CCCCC2)ccc1C. The number of piperidine rings is 1. The zero-order valence-corrected chi connectivity index (χ0v) is 19.4. The molecular weight excluding hydrogens is 428 g/mol. The predicted molar refractivity (Wildman–Crippen MR) is 122 cm³/mol. The number of esters is 1. The molecule has 1 atom stereocenters. The zero-order valence-electron chi connectivity index (χ0n) is 18.5. The van der Waals surface area contributed by atoms with Crippen LogP contribution in [0.4, 0.5) is 0 Å². The molecule has 1 fully saturated rings. The van der Waals surface area contributed by atoms with Gasteiger partial charge in [-0.3, -0.25) is 4.79 Å². The maximum Gasteiger partial charge on any atom is 0.328 e. The molecule has 1 heterocycles. The smallest absolute Gasteiger partial charge is 0.328 e. The summed E-state index contributed by atoms with van der Waals surface area (Å²) < 4.78 is 32.7. The molecule has 3 rings (SSSR count). The number of nitrogens with one attached hydrogen (secondary N) is 1. The molecule has 1 aliphatic rings. The largest absolute Gasteiger partial charge is 0.464 e. The standard InChI is InChI=1S/C24H30N2O5S/c1-3-31-24(28)22(16-19-10-6-4-7-11-19)25-23(27)21-17-20(13-12-18(21)2)32(29,30)26-14-8-5-9-15-26/h4,6-7,10-13,17,22H,3,5,8-9,14-16H2,1-2H3,(H,25,27). The van der Waals surface area contributed by atoms with E-state index in [4.69, 9.17) is 4.74 Å². The number of hydrogen-bond acceptors (Lipinski definition) is 5. The van der Waals surface area contributed by atoms with Gasteiger partial charge in [0.15, 0.2) is 0 Å². The molecule has 0 spiro atoms. The van der Waals surface area contributed by atoms with Crippen LogP contribution in [-0.4, -0.2) is 50.3 Å². The zero-order chi connectivity index (χ0) is 23.1. The van der Waals surface area contributed by atoms with Crippen LogP contribution in [0.2, 0.25) is 0 Å². The average molecular weight is 459 g/mol. The molecule has 0 radical (unpaired) electrons. The number of nitrogens with zero attached hydrogens (tertiary/aromatic N) is 1. The Morgan fingerprint density at radius 2 is 1.75 bits per heavy atom. The Morgan fingerprint density at radius 1 is 1.06 bits per heavy atom. The molecule has 2 aromatic carbocycles. The lowest BCUT2D eigenvalue weighted by Gasteiger charge is -2.26. The Labute approximate surface area is 189 Å². The fraction of sp³-hybridized carbons (Fsp3) is 0.417. The van der Waals surface area contributed by atoms with Crippen molar-refractivity contribution in [3.8, 4) is 0 Å². The van der Waals surface area contributed by atoms with Gasteiger partial charge in [-0.2, -0.15) is 4.31 Å². The van der Waals surface area contributed by atoms with E-state index in [0.29, 0.717) is 18.7 Å². The molecule has 0 aliphatic carbocycles. The van der Waals surface area contributed by atoms with Gasteiger partial charge in [0, 0.05) is 25.1 Å². The molecule has 0 aromatic heterocycles. The van der Waals surface area contributed by atoms with E-state index < -0.39 is 27.9 Å². The highest BCUT2D eigenvalue weighted by atomic mass is 32.2. The summed E-state index contributed by atoms with van der Waals surface area (Å²) in [5.41, 5.74) is 1.73. The topological polar surface area (TPSA) is 92.8 Å². The monoisotopic (exact) mass is 458 g/mol. The minimum atomic E-state index is -3.68. The normalized spacial score (nSPS) is 15.7. The molecule has 1 aliphatic heterocycles. The Bertz CT molecular complexity index is 1050. The second-order valence-electron chi connectivity index (χ2n) is 7.91. The van der Waals surface area contributed by atoms with E-state index in [-0.39, 0.29) is 23.5 Å². The summed E-state index contributed by atoms with van der Waals surface area (Å²) in [5.74, 6) is -1.04. The van der Waals surface area contributed by atoms with Gasteiger partial charge < -0.3 is 10.1 Å². The maximum atomic E-state index is 13.1. The number of hydrogen-bond donors (Lipinski definition) is 1. The number of rotatable bonds is 8. The van der Waals surface area contributed by atoms with Crippen LogP contribution < -0.4 is 5.32 Å². The summed E-state index contributed by atoms with van der Waals surface area (Å²) in [6.45, 7) is 4.61. The highest BCUT2D eigenvalue weighted by molar-refractivity contribution is 7.89. The van der Waals surface area contributed by atoms with Crippen molar-refractivity contribution in [3.05, 3.63) is 65.2 Å². The van der Waals surface area contributed by atoms with Crippen molar-refractivity contribution in [2.45, 2.75) is 50.5 Å². The van der Waals surface area contributed by atoms with E-state index >= 15 is 0 Å². The van der Waals surface area contributed by atoms with Crippen molar-refractivity contribution in [2.75, 3.05) is 19.7 Å². The van der Waals surface area contributed by atoms with Crippen molar-refractivity contribution in [1.29, 1.82) is 0 Å². The average Bonchev–Trinajstić information content (AvgIpc) is 2.80. The van der Waals surface area contributed by atoms with Crippen molar-refractivity contribution in [1.82, 2.24) is 9.62 Å². The van der Waals surface area contributed by atoms with Crippen LogP contribution in [0.15, 0.2) is 53.4 Å². The summed E-state index contributed by atoms with van der Waals surface area (Å²) in [6.07, 6.45) is 2.96. The maximum absolute atomic E-state index is 13.1. The molecule has 0 saturated carbocycles. The highest BCUT2D eigenvalue weighted by Gasteiger charge is 2.28. The number of sulfonamides is 1. The van der Waals surface area contributed by atoms with Crippen molar-refractivity contribution in [3.63, 3.8) is 0 Å². The molecule has 172 valence electrons. The predicted octanol–water partition coefficient (Wildman–Crippen LogP) is 3.07. The van der Waals surface area contributed by atoms with Crippen LogP contribution in [0, 0.1) is 6.92 Å². The highest BCUT2D eigenvalue weighted by Crippen LogP contribution is 2.23. The lowest BCUT2D eigenvalue weighted by atomic mass is 10.0. The van der Waals surface area contributed by atoms with Gasteiger partial charge in [0.05, 0.1) is 11.5 Å². The lowest BCUT2D eigenvalue weighted by Crippen LogP contribution is -2.43. The third-order valence-corrected chi connectivity index (χ3v) is 7.46. The van der Waals surface area contributed by atoms with E-state index in [1.165, 1.54) is 16.4 Å². The molecule has 1 unspecified atom stereocenters. The van der Waals surface area contributed by atoms with Crippen LogP contribution in [0.3, 0.4) is 0 Å². The number of carbonyl (C=O) groups excluding carboxylic acids is 2. The Hall–Kier alpha value is -2.71. The number of amides is 1. The minimum absolute atomic E-state index is 0.0888. The first kappa shape index (κ1) is 23.9. The van der Waals surface area contributed by atoms with E-state index in [9.17, 15) is 18.0 Å². The van der Waals surface area contributed by atoms with E-state index in [1.54, 1.807) is 19.9 Å². The second kappa shape index (κ2) is 10.7. The van der Waals surface area contributed by atoms with Crippen LogP contribution in [0.25, 0.3) is 0 Å². The van der Waals surface area contributed by atoms with Gasteiger partial charge in [-0.15, -0.1) is 0 Å². The Kier molecular flexibility index (Phi) is 8.04. The third kappa shape index (κ3) is 5.75. The van der Waals surface area contributed by atoms with Gasteiger partial charge in [-0.05, 0) is 49.9 Å². The van der Waals surface area contributed by atoms with E-state index in [2.05, 4.69) is 5.32 Å². The first-order valence-corrected chi connectivity index (χ1v) is 12.4. The van der Waals surface area contributed by atoms with Gasteiger partial charge in [-0.1, -0.05) is 42.8 Å². The number of ether oxygens (including phenoxy) is 1. The Balaban J connectivity index is 1.84. The third-order valence-electron chi connectivity index (χ3n) is 5.57. The fourth-order valence-corrected chi connectivity index (χ4v) is 5.33. The van der Waals surface area contributed by atoms with Gasteiger partial charge in [0.25, 0.3) is 5.91 Å². The first-order chi connectivity index (χ1) is 15.3. The second-order valence-corrected chi connectivity index (χ2v) is 9.85. The number of aryl methyl sites for hydroxylation is 1. The van der Waals surface area contributed by atoms with E-state index in [0.717, 1.165) is 24.8 Å². The van der Waals surface area contributed by atoms with Gasteiger partial charge in [-0.25, -0.2) is 13.2 Å². The summed E-state index contributed by atoms with van der Waals surface area (Å²) in [7, 11) is -3.68. The molecule has 1 saturated heterocycles. The molecule has 8 heteroatoms. The minimum Gasteiger partial charge on any atom is -0.464 e. The first-order valence-electron chi connectivity index (χ1n) is 10.9. The number of carbonyl (C=O) groups is 2. The van der Waals surface area contributed by atoms with Crippen molar-refractivity contribution >= 4 is 21.9 Å². The van der Waals surface area contributed by atoms with Crippen molar-refractivity contribution in [2.24, 2.45) is 0 Å². The summed E-state index contributed by atoms with van der Waals surface area (Å²) in [4.78, 5) is 25.7. The molecular formula is C24H30N2O5S. The van der Waals surface area contributed by atoms with Crippen LogP contribution in [-0.2, 0) is 26.0 Å².